The van der Waals surface area contributed by atoms with Gasteiger partial charge in [-0.05, 0) is 44.6 Å². The summed E-state index contributed by atoms with van der Waals surface area (Å²) in [5.74, 6) is 1.44. The molecule has 4 aromatic rings. The number of fused-ring (bicyclic) bond motifs is 1. The lowest BCUT2D eigenvalue weighted by Crippen LogP contribution is -2.27. The van der Waals surface area contributed by atoms with Gasteiger partial charge in [-0.25, -0.2) is 29.9 Å². The monoisotopic (exact) mass is 490 g/mol. The van der Waals surface area contributed by atoms with E-state index in [1.54, 1.807) is 35.8 Å². The van der Waals surface area contributed by atoms with Gasteiger partial charge in [0.25, 0.3) is 5.56 Å². The van der Waals surface area contributed by atoms with Crippen molar-refractivity contribution in [2.75, 3.05) is 18.7 Å². The minimum atomic E-state index is -0.246. The second kappa shape index (κ2) is 9.57. The summed E-state index contributed by atoms with van der Waals surface area (Å²) in [4.78, 5) is 40.5. The number of anilines is 1. The summed E-state index contributed by atoms with van der Waals surface area (Å²) in [6, 6.07) is 3.79. The molecule has 1 saturated carbocycles. The molecule has 5 rings (SSSR count). The lowest BCUT2D eigenvalue weighted by atomic mass is 10.1. The van der Waals surface area contributed by atoms with Crippen molar-refractivity contribution in [2.45, 2.75) is 50.2 Å². The number of ether oxygens (including phenoxy) is 1. The molecule has 0 amide bonds. The molecule has 1 aliphatic carbocycles. The van der Waals surface area contributed by atoms with Crippen molar-refractivity contribution in [2.24, 2.45) is 0 Å². The van der Waals surface area contributed by atoms with Crippen molar-refractivity contribution in [1.29, 1.82) is 0 Å². The Morgan fingerprint density at radius 2 is 1.97 bits per heavy atom. The van der Waals surface area contributed by atoms with Gasteiger partial charge in [-0.1, -0.05) is 6.07 Å². The van der Waals surface area contributed by atoms with Gasteiger partial charge in [0, 0.05) is 24.7 Å². The Bertz CT molecular complexity index is 1430. The minimum Gasteiger partial charge on any atom is -0.480 e. The van der Waals surface area contributed by atoms with Crippen LogP contribution in [0.2, 0.25) is 0 Å². The first-order chi connectivity index (χ1) is 17.0. The maximum absolute atomic E-state index is 13.4. The lowest BCUT2D eigenvalue weighted by Gasteiger charge is -2.16. The van der Waals surface area contributed by atoms with Crippen LogP contribution in [0.25, 0.3) is 22.6 Å². The van der Waals surface area contributed by atoms with Crippen molar-refractivity contribution in [3.63, 3.8) is 0 Å². The molecule has 0 bridgehead atoms. The summed E-state index contributed by atoms with van der Waals surface area (Å²) in [5, 5.41) is 4.11. The molecule has 0 saturated heterocycles. The molecule has 1 N–H and O–H groups in total. The van der Waals surface area contributed by atoms with Crippen LogP contribution in [-0.2, 0) is 6.54 Å². The minimum absolute atomic E-state index is 0.143. The van der Waals surface area contributed by atoms with Crippen molar-refractivity contribution in [1.82, 2.24) is 34.5 Å². The van der Waals surface area contributed by atoms with E-state index in [-0.39, 0.29) is 17.4 Å². The van der Waals surface area contributed by atoms with E-state index in [0.717, 1.165) is 29.1 Å². The van der Waals surface area contributed by atoms with Gasteiger partial charge < -0.3 is 10.1 Å². The lowest BCUT2D eigenvalue weighted by molar-refractivity contribution is 0.397. The molecule has 0 atom stereocenters. The van der Waals surface area contributed by atoms with E-state index in [1.807, 2.05) is 32.2 Å². The zero-order valence-electron chi connectivity index (χ0n) is 20.0. The molecule has 10 nitrogen and oxygen atoms in total. The van der Waals surface area contributed by atoms with Crippen molar-refractivity contribution < 1.29 is 4.74 Å². The Kier molecular flexibility index (Phi) is 6.33. The number of nitrogens with one attached hydrogen (secondary N) is 1. The summed E-state index contributed by atoms with van der Waals surface area (Å²) >= 11 is 1.58. The third kappa shape index (κ3) is 4.55. The zero-order valence-corrected chi connectivity index (χ0v) is 20.8. The molecule has 1 aliphatic rings. The highest BCUT2D eigenvalue weighted by molar-refractivity contribution is 7.98. The topological polar surface area (TPSA) is 121 Å². The van der Waals surface area contributed by atoms with Gasteiger partial charge in [-0.2, -0.15) is 0 Å². The zero-order chi connectivity index (χ0) is 24.5. The molecule has 35 heavy (non-hydrogen) atoms. The average Bonchev–Trinajstić information content (AvgIpc) is 3.72. The van der Waals surface area contributed by atoms with Crippen LogP contribution in [0.1, 0.15) is 49.9 Å². The second-order valence-corrected chi connectivity index (χ2v) is 9.44. The third-order valence-electron chi connectivity index (χ3n) is 5.84. The molecule has 180 valence electrons. The summed E-state index contributed by atoms with van der Waals surface area (Å²) < 4.78 is 7.14. The van der Waals surface area contributed by atoms with E-state index in [4.69, 9.17) is 9.72 Å². The van der Waals surface area contributed by atoms with E-state index < -0.39 is 0 Å². The van der Waals surface area contributed by atoms with E-state index in [2.05, 4.69) is 30.2 Å². The van der Waals surface area contributed by atoms with Crippen LogP contribution in [0.4, 0.5) is 5.82 Å². The van der Waals surface area contributed by atoms with Crippen LogP contribution in [0.5, 0.6) is 5.88 Å². The average molecular weight is 491 g/mol. The standard InChI is InChI=1S/C24H26N8O2S/c1-13(2)32-22-16(30-21(24(32)33)26-10-14-5-8-17(35-4)25-9-14)11-27-20(31-22)18-19(15-6-7-15)28-12-29-23(18)34-3/h5,8-9,11-13,15H,6-7,10H2,1-4H3,(H,26,30). The summed E-state index contributed by atoms with van der Waals surface area (Å²) in [5.41, 5.74) is 3.23. The first-order valence-electron chi connectivity index (χ1n) is 11.4. The number of aromatic nitrogens is 7. The molecule has 4 heterocycles. The van der Waals surface area contributed by atoms with Gasteiger partial charge in [0.05, 0.1) is 24.0 Å². The molecule has 0 aliphatic heterocycles. The Morgan fingerprint density at radius 1 is 1.14 bits per heavy atom. The highest BCUT2D eigenvalue weighted by atomic mass is 32.2. The van der Waals surface area contributed by atoms with Crippen LogP contribution in [0, 0.1) is 0 Å². The molecule has 11 heteroatoms. The SMILES string of the molecule is COc1ncnc(C2CC2)c1-c1ncc2nc(NCc3ccc(SC)nc3)c(=O)n(C(C)C)c2n1. The van der Waals surface area contributed by atoms with Gasteiger partial charge in [-0.15, -0.1) is 11.8 Å². The molecule has 0 spiro atoms. The largest absolute Gasteiger partial charge is 0.480 e. The number of methoxy groups -OCH3 is 1. The summed E-state index contributed by atoms with van der Waals surface area (Å²) in [6.07, 6.45) is 9.04. The molecule has 0 aromatic carbocycles. The fraction of sp³-hybridized carbons (Fsp3) is 0.375. The third-order valence-corrected chi connectivity index (χ3v) is 6.50. The number of nitrogens with zero attached hydrogens (tertiary/aromatic N) is 7. The number of rotatable bonds is 8. The number of thioether (sulfide) groups is 1. The summed E-state index contributed by atoms with van der Waals surface area (Å²) in [6.45, 7) is 4.31. The predicted octanol–water partition coefficient (Wildman–Crippen LogP) is 3.84. The fourth-order valence-electron chi connectivity index (χ4n) is 3.95. The van der Waals surface area contributed by atoms with Gasteiger partial charge in [0.1, 0.15) is 17.4 Å². The molecular weight excluding hydrogens is 464 g/mol. The van der Waals surface area contributed by atoms with E-state index in [0.29, 0.717) is 40.9 Å². The van der Waals surface area contributed by atoms with Crippen LogP contribution in [0.15, 0.2) is 40.7 Å². The van der Waals surface area contributed by atoms with E-state index >= 15 is 0 Å². The first kappa shape index (κ1) is 23.2. The Labute approximate surface area is 206 Å². The van der Waals surface area contributed by atoms with Crippen molar-refractivity contribution >= 4 is 28.7 Å². The number of pyridine rings is 1. The first-order valence-corrected chi connectivity index (χ1v) is 12.6. The molecule has 4 aromatic heterocycles. The normalized spacial score (nSPS) is 13.4. The second-order valence-electron chi connectivity index (χ2n) is 8.61. The Morgan fingerprint density at radius 3 is 2.63 bits per heavy atom. The maximum Gasteiger partial charge on any atom is 0.295 e. The Balaban J connectivity index is 1.57. The van der Waals surface area contributed by atoms with Crippen LogP contribution in [0.3, 0.4) is 0 Å². The van der Waals surface area contributed by atoms with Gasteiger partial charge in [0.15, 0.2) is 17.3 Å². The van der Waals surface area contributed by atoms with Crippen LogP contribution >= 0.6 is 11.8 Å². The van der Waals surface area contributed by atoms with E-state index in [1.165, 1.54) is 6.33 Å². The van der Waals surface area contributed by atoms with Crippen LogP contribution in [-0.4, -0.2) is 47.8 Å². The summed E-state index contributed by atoms with van der Waals surface area (Å²) in [7, 11) is 1.57. The molecular formula is C24H26N8O2S. The number of hydrogen-bond acceptors (Lipinski definition) is 10. The van der Waals surface area contributed by atoms with E-state index in [9.17, 15) is 4.79 Å². The quantitative estimate of drug-likeness (QED) is 0.365. The molecule has 0 radical (unpaired) electrons. The highest BCUT2D eigenvalue weighted by Crippen LogP contribution is 2.44. The molecule has 0 unspecified atom stereocenters. The van der Waals surface area contributed by atoms with Gasteiger partial charge in [0.2, 0.25) is 5.88 Å². The highest BCUT2D eigenvalue weighted by Gasteiger charge is 2.31. The van der Waals surface area contributed by atoms with Crippen molar-refractivity contribution in [3.8, 4) is 17.3 Å². The van der Waals surface area contributed by atoms with Gasteiger partial charge in [-0.3, -0.25) is 9.36 Å². The Hall–Kier alpha value is -3.60. The smallest absolute Gasteiger partial charge is 0.295 e. The van der Waals surface area contributed by atoms with Gasteiger partial charge >= 0.3 is 0 Å². The van der Waals surface area contributed by atoms with Crippen molar-refractivity contribution in [3.05, 3.63) is 52.5 Å². The maximum atomic E-state index is 13.4. The number of hydrogen-bond donors (Lipinski definition) is 1. The van der Waals surface area contributed by atoms with Crippen LogP contribution < -0.4 is 15.6 Å². The molecule has 1 fully saturated rings. The predicted molar refractivity (Wildman–Crippen MR) is 135 cm³/mol. The fourth-order valence-corrected chi connectivity index (χ4v) is 4.31.